The summed E-state index contributed by atoms with van der Waals surface area (Å²) in [6.45, 7) is 0.511. The second kappa shape index (κ2) is 7.86. The molecule has 0 aliphatic heterocycles. The summed E-state index contributed by atoms with van der Waals surface area (Å²) in [4.78, 5) is 7.89. The van der Waals surface area contributed by atoms with E-state index in [0.29, 0.717) is 12.2 Å². The normalized spacial score (nSPS) is 11.6. The topological polar surface area (TPSA) is 61.7 Å². The van der Waals surface area contributed by atoms with Crippen LogP contribution in [0.15, 0.2) is 79.0 Å². The van der Waals surface area contributed by atoms with Crippen molar-refractivity contribution in [3.05, 3.63) is 95.1 Å². The van der Waals surface area contributed by atoms with Gasteiger partial charge in [0, 0.05) is 22.7 Å². The van der Waals surface area contributed by atoms with Gasteiger partial charge in [0.2, 0.25) is 0 Å². The average Bonchev–Trinajstić information content (AvgIpc) is 3.40. The van der Waals surface area contributed by atoms with Crippen molar-refractivity contribution >= 4 is 44.1 Å². The first kappa shape index (κ1) is 18.2. The van der Waals surface area contributed by atoms with Crippen molar-refractivity contribution < 1.29 is 4.74 Å². The van der Waals surface area contributed by atoms with E-state index in [9.17, 15) is 5.26 Å². The molecule has 5 heteroatoms. The number of hydrogen-bond acceptors (Lipinski definition) is 4. The Balaban J connectivity index is 1.47. The van der Waals surface area contributed by atoms with Crippen LogP contribution < -0.4 is 4.74 Å². The van der Waals surface area contributed by atoms with Gasteiger partial charge in [-0.3, -0.25) is 0 Å². The summed E-state index contributed by atoms with van der Waals surface area (Å²) in [6.07, 6.45) is 3.80. The van der Waals surface area contributed by atoms with Crippen LogP contribution in [0.1, 0.15) is 16.1 Å². The number of benzene rings is 3. The van der Waals surface area contributed by atoms with Crippen molar-refractivity contribution in [1.29, 1.82) is 5.26 Å². The molecule has 1 N–H and O–H groups in total. The van der Waals surface area contributed by atoms with Gasteiger partial charge in [0.1, 0.15) is 23.4 Å². The Kier molecular flexibility index (Phi) is 4.76. The van der Waals surface area contributed by atoms with Crippen LogP contribution >= 0.6 is 11.3 Å². The standard InChI is InChI=1S/C25H17N3OS/c26-14-18(25-28-23-8-4-5-9-24(23)30-25)12-19-15-27-22-11-10-20(13-21(19)22)29-16-17-6-2-1-3-7-17/h1-13,15,27H,16H2. The molecule has 0 amide bonds. The fraction of sp³-hybridized carbons (Fsp3) is 0.0400. The van der Waals surface area contributed by atoms with Crippen molar-refractivity contribution in [3.8, 4) is 11.8 Å². The molecule has 0 saturated carbocycles. The monoisotopic (exact) mass is 407 g/mol. The summed E-state index contributed by atoms with van der Waals surface area (Å²) in [5.41, 5.74) is 4.51. The Morgan fingerprint density at radius 2 is 1.90 bits per heavy atom. The van der Waals surface area contributed by atoms with E-state index in [-0.39, 0.29) is 0 Å². The Labute approximate surface area is 177 Å². The summed E-state index contributed by atoms with van der Waals surface area (Å²) >= 11 is 1.53. The Bertz CT molecular complexity index is 1370. The number of hydrogen-bond donors (Lipinski definition) is 1. The minimum atomic E-state index is 0.511. The SMILES string of the molecule is N#CC(=Cc1c[nH]c2ccc(OCc3ccccc3)cc12)c1nc2ccccc2s1. The number of allylic oxidation sites excluding steroid dienone is 1. The molecule has 0 radical (unpaired) electrons. The fourth-order valence-electron chi connectivity index (χ4n) is 3.36. The van der Waals surface area contributed by atoms with Gasteiger partial charge < -0.3 is 9.72 Å². The number of rotatable bonds is 5. The third kappa shape index (κ3) is 3.57. The second-order valence-corrected chi connectivity index (χ2v) is 7.91. The zero-order valence-corrected chi connectivity index (χ0v) is 16.8. The van der Waals surface area contributed by atoms with Crippen LogP contribution in [0, 0.1) is 11.3 Å². The van der Waals surface area contributed by atoms with Crippen LogP contribution in [0.5, 0.6) is 5.75 Å². The number of para-hydroxylation sites is 1. The summed E-state index contributed by atoms with van der Waals surface area (Å²) < 4.78 is 7.04. The van der Waals surface area contributed by atoms with E-state index in [1.807, 2.05) is 85.1 Å². The van der Waals surface area contributed by atoms with E-state index in [4.69, 9.17) is 4.74 Å². The van der Waals surface area contributed by atoms with Crippen LogP contribution in [0.3, 0.4) is 0 Å². The third-order valence-corrected chi connectivity index (χ3v) is 5.95. The molecule has 5 aromatic rings. The number of aromatic nitrogens is 2. The minimum absolute atomic E-state index is 0.511. The van der Waals surface area contributed by atoms with Crippen LogP contribution in [0.2, 0.25) is 0 Å². The van der Waals surface area contributed by atoms with E-state index in [0.717, 1.165) is 43.0 Å². The molecule has 0 atom stereocenters. The number of nitriles is 1. The molecule has 2 aromatic heterocycles. The van der Waals surface area contributed by atoms with E-state index in [1.165, 1.54) is 11.3 Å². The molecular weight excluding hydrogens is 390 g/mol. The molecule has 0 aliphatic rings. The number of ether oxygens (including phenoxy) is 1. The zero-order chi connectivity index (χ0) is 20.3. The van der Waals surface area contributed by atoms with Gasteiger partial charge in [0.15, 0.2) is 0 Å². The molecular formula is C25H17N3OS. The zero-order valence-electron chi connectivity index (χ0n) is 16.0. The lowest BCUT2D eigenvalue weighted by atomic mass is 10.1. The maximum absolute atomic E-state index is 9.75. The first-order valence-electron chi connectivity index (χ1n) is 9.56. The van der Waals surface area contributed by atoms with Gasteiger partial charge >= 0.3 is 0 Å². The molecule has 5 rings (SSSR count). The number of fused-ring (bicyclic) bond motifs is 2. The van der Waals surface area contributed by atoms with Gasteiger partial charge in [-0.2, -0.15) is 5.26 Å². The van der Waals surface area contributed by atoms with Crippen LogP contribution in [-0.2, 0) is 6.61 Å². The Hall–Kier alpha value is -3.88. The van der Waals surface area contributed by atoms with Crippen molar-refractivity contribution in [3.63, 3.8) is 0 Å². The van der Waals surface area contributed by atoms with E-state index in [1.54, 1.807) is 0 Å². The van der Waals surface area contributed by atoms with Gasteiger partial charge in [0.25, 0.3) is 0 Å². The average molecular weight is 407 g/mol. The molecule has 4 nitrogen and oxygen atoms in total. The number of nitrogens with one attached hydrogen (secondary N) is 1. The molecule has 30 heavy (non-hydrogen) atoms. The third-order valence-electron chi connectivity index (χ3n) is 4.88. The highest BCUT2D eigenvalue weighted by molar-refractivity contribution is 7.19. The van der Waals surface area contributed by atoms with Crippen molar-refractivity contribution in [2.24, 2.45) is 0 Å². The molecule has 144 valence electrons. The predicted octanol–water partition coefficient (Wildman–Crippen LogP) is 6.42. The first-order chi connectivity index (χ1) is 14.8. The molecule has 0 bridgehead atoms. The second-order valence-electron chi connectivity index (χ2n) is 6.88. The maximum atomic E-state index is 9.75. The summed E-state index contributed by atoms with van der Waals surface area (Å²) in [7, 11) is 0. The van der Waals surface area contributed by atoms with Gasteiger partial charge in [-0.25, -0.2) is 4.98 Å². The van der Waals surface area contributed by atoms with Gasteiger partial charge in [0.05, 0.1) is 15.8 Å². The molecule has 0 unspecified atom stereocenters. The Morgan fingerprint density at radius 1 is 1.07 bits per heavy atom. The fourth-order valence-corrected chi connectivity index (χ4v) is 4.29. The first-order valence-corrected chi connectivity index (χ1v) is 10.4. The highest BCUT2D eigenvalue weighted by atomic mass is 32.1. The summed E-state index contributed by atoms with van der Waals surface area (Å²) in [6, 6.07) is 26.3. The number of H-pyrrole nitrogens is 1. The van der Waals surface area contributed by atoms with Gasteiger partial charge in [-0.15, -0.1) is 11.3 Å². The molecule has 0 aliphatic carbocycles. The highest BCUT2D eigenvalue weighted by Gasteiger charge is 2.11. The van der Waals surface area contributed by atoms with E-state index < -0.39 is 0 Å². The van der Waals surface area contributed by atoms with Crippen LogP contribution in [-0.4, -0.2) is 9.97 Å². The van der Waals surface area contributed by atoms with Crippen molar-refractivity contribution in [2.75, 3.05) is 0 Å². The smallest absolute Gasteiger partial charge is 0.135 e. The van der Waals surface area contributed by atoms with Gasteiger partial charge in [-0.05, 0) is 42.0 Å². The lowest BCUT2D eigenvalue weighted by Crippen LogP contribution is -1.94. The van der Waals surface area contributed by atoms with E-state index in [2.05, 4.69) is 16.0 Å². The lowest BCUT2D eigenvalue weighted by molar-refractivity contribution is 0.306. The van der Waals surface area contributed by atoms with E-state index >= 15 is 0 Å². The molecule has 0 saturated heterocycles. The lowest BCUT2D eigenvalue weighted by Gasteiger charge is -2.06. The molecule has 2 heterocycles. The molecule has 3 aromatic carbocycles. The molecule has 0 spiro atoms. The van der Waals surface area contributed by atoms with Crippen LogP contribution in [0.25, 0.3) is 32.8 Å². The quantitative estimate of drug-likeness (QED) is 0.342. The molecule has 0 fully saturated rings. The predicted molar refractivity (Wildman–Crippen MR) is 122 cm³/mol. The largest absolute Gasteiger partial charge is 0.489 e. The van der Waals surface area contributed by atoms with Crippen LogP contribution in [0.4, 0.5) is 0 Å². The number of thiazole rings is 1. The van der Waals surface area contributed by atoms with Crippen molar-refractivity contribution in [1.82, 2.24) is 9.97 Å². The maximum Gasteiger partial charge on any atom is 0.135 e. The summed E-state index contributed by atoms with van der Waals surface area (Å²) in [5.74, 6) is 0.791. The summed E-state index contributed by atoms with van der Waals surface area (Å²) in [5, 5.41) is 11.5. The van der Waals surface area contributed by atoms with Crippen molar-refractivity contribution in [2.45, 2.75) is 6.61 Å². The highest BCUT2D eigenvalue weighted by Crippen LogP contribution is 2.31. The Morgan fingerprint density at radius 3 is 2.73 bits per heavy atom. The minimum Gasteiger partial charge on any atom is -0.489 e. The number of nitrogens with zero attached hydrogens (tertiary/aromatic N) is 2. The van der Waals surface area contributed by atoms with Gasteiger partial charge in [-0.1, -0.05) is 42.5 Å². The number of aromatic amines is 1.